The number of nitrogens with zero attached hydrogens (tertiary/aromatic N) is 3. The molecule has 180 valence electrons. The molecule has 1 aromatic heterocycles. The number of halogens is 1. The minimum absolute atomic E-state index is 0.133. The maximum Gasteiger partial charge on any atom is 0.286 e. The van der Waals surface area contributed by atoms with Crippen molar-refractivity contribution in [2.75, 3.05) is 31.5 Å². The third kappa shape index (κ3) is 7.79. The molecule has 0 aliphatic heterocycles. The third-order valence-electron chi connectivity index (χ3n) is 5.07. The summed E-state index contributed by atoms with van der Waals surface area (Å²) in [5, 5.41) is 15.1. The second-order valence-corrected chi connectivity index (χ2v) is 8.91. The van der Waals surface area contributed by atoms with E-state index in [0.29, 0.717) is 33.6 Å². The highest BCUT2D eigenvalue weighted by Gasteiger charge is 2.14. The van der Waals surface area contributed by atoms with Gasteiger partial charge in [-0.3, -0.25) is 9.59 Å². The first-order valence-corrected chi connectivity index (χ1v) is 12.3. The van der Waals surface area contributed by atoms with Crippen LogP contribution in [0.15, 0.2) is 48.5 Å². The maximum absolute atomic E-state index is 12.5. The summed E-state index contributed by atoms with van der Waals surface area (Å²) in [6.07, 6.45) is 0.899. The zero-order chi connectivity index (χ0) is 24.3. The number of ether oxygens (including phenoxy) is 1. The molecule has 0 spiro atoms. The van der Waals surface area contributed by atoms with Crippen LogP contribution in [0.25, 0.3) is 0 Å². The molecule has 0 atom stereocenters. The summed E-state index contributed by atoms with van der Waals surface area (Å²) in [5.41, 5.74) is 1.11. The van der Waals surface area contributed by atoms with Crippen LogP contribution in [0.3, 0.4) is 0 Å². The fraction of sp³-hybridized carbons (Fsp3) is 0.333. The summed E-state index contributed by atoms with van der Waals surface area (Å²) in [7, 11) is 0. The molecule has 34 heavy (non-hydrogen) atoms. The minimum atomic E-state index is -0.371. The molecule has 0 aliphatic rings. The Hall–Kier alpha value is -3.01. The third-order valence-corrected chi connectivity index (χ3v) is 6.22. The fourth-order valence-corrected chi connectivity index (χ4v) is 3.89. The fourth-order valence-electron chi connectivity index (χ4n) is 3.12. The van der Waals surface area contributed by atoms with Gasteiger partial charge in [0, 0.05) is 22.8 Å². The number of benzene rings is 2. The van der Waals surface area contributed by atoms with Crippen LogP contribution in [0.4, 0.5) is 5.69 Å². The molecule has 2 amide bonds. The first-order valence-electron chi connectivity index (χ1n) is 11.1. The summed E-state index contributed by atoms with van der Waals surface area (Å²) in [6, 6.07) is 13.7. The number of anilines is 1. The maximum atomic E-state index is 12.5. The number of aromatic nitrogens is 2. The molecule has 0 aliphatic carbocycles. The van der Waals surface area contributed by atoms with E-state index in [1.54, 1.807) is 48.5 Å². The monoisotopic (exact) mass is 501 g/mol. The second-order valence-electron chi connectivity index (χ2n) is 7.41. The van der Waals surface area contributed by atoms with Crippen LogP contribution in [0.2, 0.25) is 5.02 Å². The van der Waals surface area contributed by atoms with Gasteiger partial charge in [0.25, 0.3) is 11.8 Å². The number of hydrogen-bond acceptors (Lipinski definition) is 7. The van der Waals surface area contributed by atoms with Crippen LogP contribution in [0, 0.1) is 0 Å². The lowest BCUT2D eigenvalue weighted by Crippen LogP contribution is -2.29. The zero-order valence-electron chi connectivity index (χ0n) is 19.2. The van der Waals surface area contributed by atoms with E-state index in [2.05, 4.69) is 39.6 Å². The van der Waals surface area contributed by atoms with Crippen molar-refractivity contribution in [3.63, 3.8) is 0 Å². The van der Waals surface area contributed by atoms with Crippen LogP contribution in [-0.2, 0) is 6.61 Å². The predicted octanol–water partition coefficient (Wildman–Crippen LogP) is 4.48. The smallest absolute Gasteiger partial charge is 0.286 e. The van der Waals surface area contributed by atoms with E-state index in [1.165, 1.54) is 0 Å². The highest BCUT2D eigenvalue weighted by Crippen LogP contribution is 2.19. The summed E-state index contributed by atoms with van der Waals surface area (Å²) in [5.74, 6) is 0.148. The van der Waals surface area contributed by atoms with Gasteiger partial charge in [0.05, 0.1) is 0 Å². The van der Waals surface area contributed by atoms with Crippen LogP contribution < -0.4 is 15.4 Å². The standard InChI is InChI=1S/C24H28ClN5O3S/c1-3-30(4-2)15-5-14-26-22(31)17-6-10-19(11-7-17)27-23(32)24-29-28-21(34-24)16-33-20-12-8-18(25)9-13-20/h6-13H,3-5,14-16H2,1-2H3,(H,26,31)(H,27,32). The van der Waals surface area contributed by atoms with Crippen LogP contribution >= 0.6 is 22.9 Å². The molecule has 2 aromatic carbocycles. The second kappa shape index (κ2) is 13.0. The Kier molecular flexibility index (Phi) is 9.81. The molecule has 10 heteroatoms. The van der Waals surface area contributed by atoms with Gasteiger partial charge in [0.2, 0.25) is 5.01 Å². The minimum Gasteiger partial charge on any atom is -0.486 e. The normalized spacial score (nSPS) is 10.8. The number of hydrogen-bond donors (Lipinski definition) is 2. The van der Waals surface area contributed by atoms with E-state index in [-0.39, 0.29) is 23.4 Å². The summed E-state index contributed by atoms with van der Waals surface area (Å²) < 4.78 is 5.63. The first kappa shape index (κ1) is 25.6. The van der Waals surface area contributed by atoms with Crippen molar-refractivity contribution in [2.24, 2.45) is 0 Å². The summed E-state index contributed by atoms with van der Waals surface area (Å²) in [6.45, 7) is 8.05. The van der Waals surface area contributed by atoms with Crippen molar-refractivity contribution in [3.05, 3.63) is 69.1 Å². The van der Waals surface area contributed by atoms with Crippen LogP contribution in [0.5, 0.6) is 5.75 Å². The van der Waals surface area contributed by atoms with Crippen molar-refractivity contribution in [1.82, 2.24) is 20.4 Å². The van der Waals surface area contributed by atoms with Gasteiger partial charge in [0.1, 0.15) is 12.4 Å². The first-order chi connectivity index (χ1) is 16.5. The van der Waals surface area contributed by atoms with Crippen molar-refractivity contribution in [1.29, 1.82) is 0 Å². The topological polar surface area (TPSA) is 96.5 Å². The van der Waals surface area contributed by atoms with Crippen molar-refractivity contribution in [2.45, 2.75) is 26.9 Å². The Morgan fingerprint density at radius 3 is 2.38 bits per heavy atom. The lowest BCUT2D eigenvalue weighted by atomic mass is 10.2. The molecule has 0 fully saturated rings. The van der Waals surface area contributed by atoms with Gasteiger partial charge < -0.3 is 20.3 Å². The van der Waals surface area contributed by atoms with Gasteiger partial charge in [-0.25, -0.2) is 0 Å². The molecule has 0 saturated heterocycles. The van der Waals surface area contributed by atoms with Gasteiger partial charge in [-0.2, -0.15) is 0 Å². The van der Waals surface area contributed by atoms with E-state index in [4.69, 9.17) is 16.3 Å². The van der Waals surface area contributed by atoms with Crippen LogP contribution in [-0.4, -0.2) is 53.1 Å². The number of carbonyl (C=O) groups is 2. The quantitative estimate of drug-likeness (QED) is 0.355. The number of rotatable bonds is 12. The predicted molar refractivity (Wildman–Crippen MR) is 135 cm³/mol. The Balaban J connectivity index is 1.45. The van der Waals surface area contributed by atoms with Gasteiger partial charge in [-0.15, -0.1) is 10.2 Å². The summed E-state index contributed by atoms with van der Waals surface area (Å²) >= 11 is 7.01. The van der Waals surface area contributed by atoms with E-state index in [9.17, 15) is 9.59 Å². The van der Waals surface area contributed by atoms with Crippen molar-refractivity contribution in [3.8, 4) is 5.75 Å². The Morgan fingerprint density at radius 2 is 1.71 bits per heavy atom. The Morgan fingerprint density at radius 1 is 1.00 bits per heavy atom. The van der Waals surface area contributed by atoms with Crippen molar-refractivity contribution < 1.29 is 14.3 Å². The lowest BCUT2D eigenvalue weighted by Gasteiger charge is -2.17. The largest absolute Gasteiger partial charge is 0.486 e. The highest BCUT2D eigenvalue weighted by atomic mass is 35.5. The number of carbonyl (C=O) groups excluding carboxylic acids is 2. The SMILES string of the molecule is CCN(CC)CCCNC(=O)c1ccc(NC(=O)c2nnc(COc3ccc(Cl)cc3)s2)cc1. The van der Waals surface area contributed by atoms with Crippen molar-refractivity contribution >= 4 is 40.4 Å². The van der Waals surface area contributed by atoms with E-state index in [1.807, 2.05) is 0 Å². The average molecular weight is 502 g/mol. The van der Waals surface area contributed by atoms with E-state index < -0.39 is 0 Å². The molecule has 3 aromatic rings. The van der Waals surface area contributed by atoms with Gasteiger partial charge in [-0.1, -0.05) is 36.8 Å². The molecule has 0 bridgehead atoms. The Labute approximate surface area is 208 Å². The zero-order valence-corrected chi connectivity index (χ0v) is 20.8. The molecular formula is C24H28ClN5O3S. The lowest BCUT2D eigenvalue weighted by molar-refractivity contribution is 0.0951. The van der Waals surface area contributed by atoms with Crippen LogP contribution in [0.1, 0.15) is 45.4 Å². The number of amides is 2. The molecule has 0 unspecified atom stereocenters. The molecule has 0 saturated carbocycles. The number of nitrogens with one attached hydrogen (secondary N) is 2. The highest BCUT2D eigenvalue weighted by molar-refractivity contribution is 7.13. The molecule has 8 nitrogen and oxygen atoms in total. The molecular weight excluding hydrogens is 474 g/mol. The molecule has 0 radical (unpaired) electrons. The molecule has 1 heterocycles. The van der Waals surface area contributed by atoms with Gasteiger partial charge in [0.15, 0.2) is 5.01 Å². The Bertz CT molecular complexity index is 1070. The van der Waals surface area contributed by atoms with Gasteiger partial charge in [-0.05, 0) is 74.6 Å². The van der Waals surface area contributed by atoms with E-state index >= 15 is 0 Å². The summed E-state index contributed by atoms with van der Waals surface area (Å²) in [4.78, 5) is 27.1. The van der Waals surface area contributed by atoms with Gasteiger partial charge >= 0.3 is 0 Å². The van der Waals surface area contributed by atoms with E-state index in [0.717, 1.165) is 37.4 Å². The molecule has 2 N–H and O–H groups in total. The molecule has 3 rings (SSSR count). The average Bonchev–Trinajstić information content (AvgIpc) is 3.33.